The van der Waals surface area contributed by atoms with Crippen molar-refractivity contribution in [2.75, 3.05) is 0 Å². The molecule has 12 aromatic rings. The Bertz CT molecular complexity index is 3430. The molecule has 1 nitrogen and oxygen atoms in total. The van der Waals surface area contributed by atoms with Crippen LogP contribution < -0.4 is 0 Å². The molecule has 0 amide bonds. The standard InChI is InChI=1S/C68H49N/c1-46-36-63(54-32-28-52(29-33-54)60-42-56(48-18-8-3-9-19-48)40-57(43-60)49-20-10-4-11-21-49)67-65(38-46)66-39-47(2)37-64(68(66)69(67)62-26-16-7-17-27-62)55-34-30-53(31-35-55)61-44-58(50-22-12-5-13-23-50)41-59(45-61)51-24-14-6-15-25-51/h3-45H,1-2H3. The topological polar surface area (TPSA) is 4.93 Å². The Morgan fingerprint density at radius 1 is 0.217 bits per heavy atom. The Hall–Kier alpha value is -8.78. The average molecular weight is 880 g/mol. The highest BCUT2D eigenvalue weighted by atomic mass is 15.0. The third-order valence-electron chi connectivity index (χ3n) is 13.6. The number of benzene rings is 11. The van der Waals surface area contributed by atoms with E-state index in [0.717, 1.165) is 5.69 Å². The quantitative estimate of drug-likeness (QED) is 0.136. The summed E-state index contributed by atoms with van der Waals surface area (Å²) < 4.78 is 2.51. The molecule has 1 heterocycles. The molecule has 1 aromatic heterocycles. The molecule has 0 N–H and O–H groups in total. The van der Waals surface area contributed by atoms with Crippen molar-refractivity contribution in [1.82, 2.24) is 4.57 Å². The minimum atomic E-state index is 1.14. The molecular formula is C68H49N. The molecule has 0 bridgehead atoms. The summed E-state index contributed by atoms with van der Waals surface area (Å²) in [6.07, 6.45) is 0. The first-order valence-electron chi connectivity index (χ1n) is 23.9. The smallest absolute Gasteiger partial charge is 0.0619 e. The van der Waals surface area contributed by atoms with Crippen LogP contribution in [0.25, 0.3) is 117 Å². The highest BCUT2D eigenvalue weighted by molar-refractivity contribution is 6.18. The fraction of sp³-hybridized carbons (Fsp3) is 0.0294. The third kappa shape index (κ3) is 8.05. The molecule has 69 heavy (non-hydrogen) atoms. The molecular weight excluding hydrogens is 831 g/mol. The van der Waals surface area contributed by atoms with Gasteiger partial charge in [-0.3, -0.25) is 0 Å². The Balaban J connectivity index is 0.996. The molecule has 0 atom stereocenters. The van der Waals surface area contributed by atoms with Crippen LogP contribution >= 0.6 is 0 Å². The van der Waals surface area contributed by atoms with Crippen molar-refractivity contribution in [3.8, 4) is 94.7 Å². The van der Waals surface area contributed by atoms with Gasteiger partial charge in [0.15, 0.2) is 0 Å². The molecule has 0 spiro atoms. The van der Waals surface area contributed by atoms with E-state index < -0.39 is 0 Å². The maximum atomic E-state index is 2.51. The molecule has 11 aromatic carbocycles. The SMILES string of the molecule is Cc1cc(-c2ccc(-c3cc(-c4ccccc4)cc(-c4ccccc4)c3)cc2)c2c(c1)c1cc(C)cc(-c3ccc(-c4cc(-c5ccccc5)cc(-c5ccccc5)c4)cc3)c1n2-c1ccccc1. The predicted molar refractivity (Wildman–Crippen MR) is 294 cm³/mol. The van der Waals surface area contributed by atoms with Crippen molar-refractivity contribution in [3.63, 3.8) is 0 Å². The number of aryl methyl sites for hydroxylation is 2. The van der Waals surface area contributed by atoms with E-state index >= 15 is 0 Å². The van der Waals surface area contributed by atoms with Gasteiger partial charge < -0.3 is 4.57 Å². The molecule has 0 unspecified atom stereocenters. The summed E-state index contributed by atoms with van der Waals surface area (Å²) in [7, 11) is 0. The van der Waals surface area contributed by atoms with Crippen LogP contribution in [0.3, 0.4) is 0 Å². The second-order valence-corrected chi connectivity index (χ2v) is 18.3. The molecule has 0 aliphatic heterocycles. The predicted octanol–water partition coefficient (Wildman–Crippen LogP) is 18.7. The largest absolute Gasteiger partial charge is 0.308 e. The van der Waals surface area contributed by atoms with Crippen LogP contribution in [0.2, 0.25) is 0 Å². The second-order valence-electron chi connectivity index (χ2n) is 18.3. The van der Waals surface area contributed by atoms with Crippen LogP contribution in [0.5, 0.6) is 0 Å². The summed E-state index contributed by atoms with van der Waals surface area (Å²) in [5, 5.41) is 2.51. The Kier molecular flexibility index (Phi) is 10.7. The highest BCUT2D eigenvalue weighted by Crippen LogP contribution is 2.44. The zero-order valence-electron chi connectivity index (χ0n) is 38.8. The normalized spacial score (nSPS) is 11.3. The van der Waals surface area contributed by atoms with Crippen LogP contribution in [0.1, 0.15) is 11.1 Å². The molecule has 0 aliphatic carbocycles. The van der Waals surface area contributed by atoms with E-state index in [0.29, 0.717) is 0 Å². The fourth-order valence-corrected chi connectivity index (χ4v) is 10.3. The Morgan fingerprint density at radius 3 is 0.754 bits per heavy atom. The van der Waals surface area contributed by atoms with Crippen molar-refractivity contribution >= 4 is 21.8 Å². The molecule has 12 rings (SSSR count). The van der Waals surface area contributed by atoms with Crippen molar-refractivity contribution in [1.29, 1.82) is 0 Å². The number of para-hydroxylation sites is 1. The van der Waals surface area contributed by atoms with E-state index in [1.54, 1.807) is 0 Å². The molecule has 0 saturated carbocycles. The van der Waals surface area contributed by atoms with Crippen molar-refractivity contribution in [2.24, 2.45) is 0 Å². The van der Waals surface area contributed by atoms with Gasteiger partial charge in [-0.05, 0) is 176 Å². The monoisotopic (exact) mass is 879 g/mol. The van der Waals surface area contributed by atoms with E-state index in [9.17, 15) is 0 Å². The van der Waals surface area contributed by atoms with E-state index in [1.165, 1.54) is 122 Å². The molecule has 0 radical (unpaired) electrons. The second kappa shape index (κ2) is 17.8. The molecule has 1 heteroatoms. The first-order valence-corrected chi connectivity index (χ1v) is 23.9. The van der Waals surface area contributed by atoms with Gasteiger partial charge in [-0.25, -0.2) is 0 Å². The van der Waals surface area contributed by atoms with E-state index in [4.69, 9.17) is 0 Å². The molecule has 0 saturated heterocycles. The van der Waals surface area contributed by atoms with Gasteiger partial charge in [0.05, 0.1) is 11.0 Å². The Morgan fingerprint density at radius 2 is 0.464 bits per heavy atom. The lowest BCUT2D eigenvalue weighted by atomic mass is 9.92. The summed E-state index contributed by atoms with van der Waals surface area (Å²) in [6.45, 7) is 4.46. The number of rotatable bonds is 9. The Labute approximate surface area is 404 Å². The summed E-state index contributed by atoms with van der Waals surface area (Å²) in [5.74, 6) is 0. The van der Waals surface area contributed by atoms with E-state index in [-0.39, 0.29) is 0 Å². The van der Waals surface area contributed by atoms with Gasteiger partial charge in [-0.15, -0.1) is 0 Å². The molecule has 0 fully saturated rings. The van der Waals surface area contributed by atoms with Crippen LogP contribution in [0.4, 0.5) is 0 Å². The summed E-state index contributed by atoms with van der Waals surface area (Å²) in [5.41, 5.74) is 25.2. The first kappa shape index (κ1) is 41.6. The minimum Gasteiger partial charge on any atom is -0.308 e. The molecule has 0 aliphatic rings. The number of nitrogens with zero attached hydrogens (tertiary/aromatic N) is 1. The van der Waals surface area contributed by atoms with Gasteiger partial charge in [0.25, 0.3) is 0 Å². The van der Waals surface area contributed by atoms with Crippen LogP contribution in [-0.4, -0.2) is 4.57 Å². The maximum absolute atomic E-state index is 2.51. The number of hydrogen-bond donors (Lipinski definition) is 0. The molecule has 326 valence electrons. The van der Waals surface area contributed by atoms with E-state index in [2.05, 4.69) is 279 Å². The minimum absolute atomic E-state index is 1.14. The van der Waals surface area contributed by atoms with Gasteiger partial charge in [-0.1, -0.05) is 188 Å². The van der Waals surface area contributed by atoms with Crippen molar-refractivity contribution < 1.29 is 0 Å². The van der Waals surface area contributed by atoms with E-state index in [1.807, 2.05) is 0 Å². The first-order chi connectivity index (χ1) is 34.0. The zero-order valence-corrected chi connectivity index (χ0v) is 38.8. The highest BCUT2D eigenvalue weighted by Gasteiger charge is 2.22. The zero-order chi connectivity index (χ0) is 46.3. The maximum Gasteiger partial charge on any atom is 0.0619 e. The summed E-state index contributed by atoms with van der Waals surface area (Å²) in [4.78, 5) is 0. The van der Waals surface area contributed by atoms with Gasteiger partial charge in [0, 0.05) is 27.6 Å². The summed E-state index contributed by atoms with van der Waals surface area (Å²) in [6, 6.07) is 95.6. The average Bonchev–Trinajstić information content (AvgIpc) is 3.75. The lowest BCUT2D eigenvalue weighted by molar-refractivity contribution is 1.18. The third-order valence-corrected chi connectivity index (χ3v) is 13.6. The van der Waals surface area contributed by atoms with Crippen molar-refractivity contribution in [3.05, 3.63) is 272 Å². The lowest BCUT2D eigenvalue weighted by Gasteiger charge is -2.16. The number of fused-ring (bicyclic) bond motifs is 3. The van der Waals surface area contributed by atoms with Crippen LogP contribution in [0, 0.1) is 13.8 Å². The van der Waals surface area contributed by atoms with Crippen LogP contribution in [0.15, 0.2) is 261 Å². The van der Waals surface area contributed by atoms with Gasteiger partial charge in [-0.2, -0.15) is 0 Å². The summed E-state index contributed by atoms with van der Waals surface area (Å²) >= 11 is 0. The number of hydrogen-bond acceptors (Lipinski definition) is 0. The number of aromatic nitrogens is 1. The fourth-order valence-electron chi connectivity index (χ4n) is 10.3. The van der Waals surface area contributed by atoms with Crippen molar-refractivity contribution in [2.45, 2.75) is 13.8 Å². The van der Waals surface area contributed by atoms with Crippen LogP contribution in [-0.2, 0) is 0 Å². The van der Waals surface area contributed by atoms with Gasteiger partial charge in [0.1, 0.15) is 0 Å². The van der Waals surface area contributed by atoms with Gasteiger partial charge in [0.2, 0.25) is 0 Å². The lowest BCUT2D eigenvalue weighted by Crippen LogP contribution is -1.97. The van der Waals surface area contributed by atoms with Gasteiger partial charge >= 0.3 is 0 Å².